The highest BCUT2D eigenvalue weighted by Crippen LogP contribution is 2.13. The van der Waals surface area contributed by atoms with Crippen molar-refractivity contribution in [2.24, 2.45) is 5.73 Å². The second-order valence-corrected chi connectivity index (χ2v) is 2.92. The van der Waals surface area contributed by atoms with Crippen molar-refractivity contribution in [3.8, 4) is 0 Å². The summed E-state index contributed by atoms with van der Waals surface area (Å²) in [5.41, 5.74) is 6.16. The lowest BCUT2D eigenvalue weighted by Gasteiger charge is -1.97. The number of rotatable bonds is 2. The molecule has 5 heteroatoms. The first kappa shape index (κ1) is 8.96. The fourth-order valence-electron chi connectivity index (χ4n) is 1.38. The van der Waals surface area contributed by atoms with E-state index >= 15 is 0 Å². The highest BCUT2D eigenvalue weighted by molar-refractivity contribution is 5.72. The van der Waals surface area contributed by atoms with Crippen LogP contribution in [0.15, 0.2) is 27.4 Å². The van der Waals surface area contributed by atoms with Gasteiger partial charge in [-0.05, 0) is 12.1 Å². The van der Waals surface area contributed by atoms with Gasteiger partial charge in [0.1, 0.15) is 5.82 Å². The van der Waals surface area contributed by atoms with E-state index in [-0.39, 0.29) is 5.58 Å². The first-order valence-corrected chi connectivity index (χ1v) is 4.21. The van der Waals surface area contributed by atoms with Crippen LogP contribution in [0.5, 0.6) is 0 Å². The van der Waals surface area contributed by atoms with E-state index in [1.807, 2.05) is 0 Å². The number of nitrogens with zero attached hydrogens (tertiary/aromatic N) is 1. The number of fused-ring (bicyclic) bond motifs is 1. The molecule has 0 aliphatic heterocycles. The van der Waals surface area contributed by atoms with Crippen LogP contribution in [0.4, 0.5) is 4.39 Å². The highest BCUT2D eigenvalue weighted by atomic mass is 19.1. The predicted molar refractivity (Wildman–Crippen MR) is 49.5 cm³/mol. The molecule has 2 N–H and O–H groups in total. The van der Waals surface area contributed by atoms with Crippen LogP contribution < -0.4 is 11.5 Å². The van der Waals surface area contributed by atoms with Crippen LogP contribution in [0.1, 0.15) is 0 Å². The van der Waals surface area contributed by atoms with Crippen molar-refractivity contribution in [1.82, 2.24) is 4.57 Å². The minimum Gasteiger partial charge on any atom is -0.408 e. The molecule has 0 saturated carbocycles. The smallest absolute Gasteiger partial charge is 0.408 e. The van der Waals surface area contributed by atoms with E-state index in [0.29, 0.717) is 18.6 Å². The van der Waals surface area contributed by atoms with Gasteiger partial charge in [-0.3, -0.25) is 4.57 Å². The topological polar surface area (TPSA) is 61.2 Å². The lowest BCUT2D eigenvalue weighted by Crippen LogP contribution is -2.19. The van der Waals surface area contributed by atoms with Crippen LogP contribution in [0.25, 0.3) is 11.1 Å². The largest absolute Gasteiger partial charge is 0.419 e. The molecule has 0 aliphatic rings. The van der Waals surface area contributed by atoms with E-state index < -0.39 is 11.6 Å². The zero-order valence-electron chi connectivity index (χ0n) is 7.37. The molecule has 1 heterocycles. The standard InChI is InChI=1S/C9H9FN2O2/c10-6-1-2-7-8(5-6)14-9(13)12(7)4-3-11/h1-2,5H,3-4,11H2. The third-order valence-electron chi connectivity index (χ3n) is 1.98. The lowest BCUT2D eigenvalue weighted by atomic mass is 10.3. The molecule has 0 atom stereocenters. The van der Waals surface area contributed by atoms with Crippen molar-refractivity contribution < 1.29 is 8.81 Å². The average molecular weight is 196 g/mol. The number of benzene rings is 1. The molecule has 0 amide bonds. The number of nitrogens with two attached hydrogens (primary N) is 1. The average Bonchev–Trinajstić information content (AvgIpc) is 2.43. The van der Waals surface area contributed by atoms with Gasteiger partial charge in [-0.25, -0.2) is 9.18 Å². The second-order valence-electron chi connectivity index (χ2n) is 2.92. The summed E-state index contributed by atoms with van der Waals surface area (Å²) in [5.74, 6) is -0.929. The Labute approximate surface area is 78.7 Å². The maximum atomic E-state index is 12.8. The van der Waals surface area contributed by atoms with Gasteiger partial charge in [0, 0.05) is 19.2 Å². The number of aromatic nitrogens is 1. The van der Waals surface area contributed by atoms with Gasteiger partial charge in [0.2, 0.25) is 0 Å². The van der Waals surface area contributed by atoms with Crippen LogP contribution in [-0.4, -0.2) is 11.1 Å². The van der Waals surface area contributed by atoms with E-state index in [4.69, 9.17) is 10.2 Å². The first-order chi connectivity index (χ1) is 6.72. The molecule has 0 aliphatic carbocycles. The Morgan fingerprint density at radius 2 is 2.29 bits per heavy atom. The Bertz CT molecular complexity index is 515. The molecule has 2 aromatic rings. The van der Waals surface area contributed by atoms with Gasteiger partial charge >= 0.3 is 5.76 Å². The van der Waals surface area contributed by atoms with E-state index in [0.717, 1.165) is 0 Å². The summed E-state index contributed by atoms with van der Waals surface area (Å²) in [5, 5.41) is 0. The van der Waals surface area contributed by atoms with Crippen molar-refractivity contribution in [3.05, 3.63) is 34.6 Å². The summed E-state index contributed by atoms with van der Waals surface area (Å²) >= 11 is 0. The van der Waals surface area contributed by atoms with E-state index in [2.05, 4.69) is 0 Å². The summed E-state index contributed by atoms with van der Waals surface area (Å²) in [4.78, 5) is 11.3. The molecule has 74 valence electrons. The maximum Gasteiger partial charge on any atom is 0.419 e. The normalized spacial score (nSPS) is 11.0. The van der Waals surface area contributed by atoms with Crippen molar-refractivity contribution in [1.29, 1.82) is 0 Å². The zero-order chi connectivity index (χ0) is 10.1. The molecule has 0 unspecified atom stereocenters. The molecule has 0 radical (unpaired) electrons. The summed E-state index contributed by atoms with van der Waals surface area (Å²) < 4.78 is 19.0. The molecular formula is C9H9FN2O2. The molecule has 14 heavy (non-hydrogen) atoms. The summed E-state index contributed by atoms with van der Waals surface area (Å²) in [6.07, 6.45) is 0. The van der Waals surface area contributed by atoms with Crippen molar-refractivity contribution in [2.45, 2.75) is 6.54 Å². The summed E-state index contributed by atoms with van der Waals surface area (Å²) in [6, 6.07) is 3.97. The molecule has 4 nitrogen and oxygen atoms in total. The van der Waals surface area contributed by atoms with Crippen molar-refractivity contribution in [3.63, 3.8) is 0 Å². The van der Waals surface area contributed by atoms with Crippen molar-refractivity contribution in [2.75, 3.05) is 6.54 Å². The predicted octanol–water partition coefficient (Wildman–Crippen LogP) is 0.692. The Morgan fingerprint density at radius 3 is 3.00 bits per heavy atom. The molecule has 1 aromatic heterocycles. The summed E-state index contributed by atoms with van der Waals surface area (Å²) in [6.45, 7) is 0.712. The number of hydrogen-bond acceptors (Lipinski definition) is 3. The van der Waals surface area contributed by atoms with Gasteiger partial charge in [-0.2, -0.15) is 0 Å². The van der Waals surface area contributed by atoms with Crippen LogP contribution in [0, 0.1) is 5.82 Å². The third-order valence-corrected chi connectivity index (χ3v) is 1.98. The molecular weight excluding hydrogens is 187 g/mol. The first-order valence-electron chi connectivity index (χ1n) is 4.21. The van der Waals surface area contributed by atoms with Gasteiger partial charge in [0.25, 0.3) is 0 Å². The minimum atomic E-state index is -0.504. The molecule has 0 saturated heterocycles. The van der Waals surface area contributed by atoms with Crippen molar-refractivity contribution >= 4 is 11.1 Å². The van der Waals surface area contributed by atoms with Crippen LogP contribution in [0.2, 0.25) is 0 Å². The SMILES string of the molecule is NCCn1c(=O)oc2cc(F)ccc21. The Balaban J connectivity index is 2.71. The molecule has 2 rings (SSSR count). The zero-order valence-corrected chi connectivity index (χ0v) is 7.37. The molecule has 0 fully saturated rings. The monoisotopic (exact) mass is 196 g/mol. The highest BCUT2D eigenvalue weighted by Gasteiger charge is 2.08. The van der Waals surface area contributed by atoms with Gasteiger partial charge in [0.05, 0.1) is 5.52 Å². The second kappa shape index (κ2) is 3.26. The van der Waals surface area contributed by atoms with E-state index in [9.17, 15) is 9.18 Å². The Kier molecular flexibility index (Phi) is 2.09. The van der Waals surface area contributed by atoms with Gasteiger partial charge in [-0.1, -0.05) is 0 Å². The Morgan fingerprint density at radius 1 is 1.50 bits per heavy atom. The number of halogens is 1. The van der Waals surface area contributed by atoms with E-state index in [1.54, 1.807) is 0 Å². The quantitative estimate of drug-likeness (QED) is 0.768. The summed E-state index contributed by atoms with van der Waals surface area (Å²) in [7, 11) is 0. The number of hydrogen-bond donors (Lipinski definition) is 1. The van der Waals surface area contributed by atoms with Gasteiger partial charge in [-0.15, -0.1) is 0 Å². The lowest BCUT2D eigenvalue weighted by molar-refractivity contribution is 0.506. The minimum absolute atomic E-state index is 0.253. The fourth-order valence-corrected chi connectivity index (χ4v) is 1.38. The van der Waals surface area contributed by atoms with Gasteiger partial charge in [0.15, 0.2) is 5.58 Å². The number of oxazole rings is 1. The third kappa shape index (κ3) is 1.31. The van der Waals surface area contributed by atoms with Crippen LogP contribution in [0.3, 0.4) is 0 Å². The molecule has 0 spiro atoms. The molecule has 1 aromatic carbocycles. The fraction of sp³-hybridized carbons (Fsp3) is 0.222. The van der Waals surface area contributed by atoms with Crippen LogP contribution >= 0.6 is 0 Å². The van der Waals surface area contributed by atoms with E-state index in [1.165, 1.54) is 22.8 Å². The van der Waals surface area contributed by atoms with Gasteiger partial charge < -0.3 is 10.2 Å². The van der Waals surface area contributed by atoms with Crippen LogP contribution in [-0.2, 0) is 6.54 Å². The maximum absolute atomic E-state index is 12.8. The Hall–Kier alpha value is -1.62. The molecule has 0 bridgehead atoms.